The van der Waals surface area contributed by atoms with E-state index in [4.69, 9.17) is 9.57 Å². The van der Waals surface area contributed by atoms with Crippen molar-refractivity contribution in [3.05, 3.63) is 71.3 Å². The summed E-state index contributed by atoms with van der Waals surface area (Å²) in [6, 6.07) is 15.9. The molecule has 8 nitrogen and oxygen atoms in total. The first-order valence-electron chi connectivity index (χ1n) is 10.9. The van der Waals surface area contributed by atoms with Gasteiger partial charge in [0.2, 0.25) is 0 Å². The standard InChI is InChI=1S/C25H26N2O6/c1-25(2,3)32-24(31)26-14-17(13-16-9-5-4-6-10-16)20(15-26)23(30)33-27-21(28)18-11-7-8-12-19(18)22(27)29/h4-12,17,20H,13-15H2,1-3H3/t17-,20-/m0/s1. The van der Waals surface area contributed by atoms with E-state index < -0.39 is 35.4 Å². The molecule has 2 aliphatic heterocycles. The lowest BCUT2D eigenvalue weighted by atomic mass is 9.90. The van der Waals surface area contributed by atoms with Crippen LogP contribution in [0.1, 0.15) is 47.1 Å². The largest absolute Gasteiger partial charge is 0.444 e. The summed E-state index contributed by atoms with van der Waals surface area (Å²) < 4.78 is 5.47. The van der Waals surface area contributed by atoms with E-state index in [1.54, 1.807) is 32.9 Å². The second-order valence-electron chi connectivity index (χ2n) is 9.30. The van der Waals surface area contributed by atoms with E-state index in [9.17, 15) is 19.2 Å². The van der Waals surface area contributed by atoms with Gasteiger partial charge in [0, 0.05) is 13.1 Å². The molecule has 0 saturated carbocycles. The first-order valence-corrected chi connectivity index (χ1v) is 10.9. The van der Waals surface area contributed by atoms with Gasteiger partial charge in [0.25, 0.3) is 11.8 Å². The lowest BCUT2D eigenvalue weighted by Crippen LogP contribution is -2.38. The molecule has 0 radical (unpaired) electrons. The van der Waals surface area contributed by atoms with E-state index in [0.717, 1.165) is 5.56 Å². The summed E-state index contributed by atoms with van der Waals surface area (Å²) in [6.07, 6.45) is 0.0127. The molecule has 8 heteroatoms. The molecule has 2 atom stereocenters. The zero-order chi connectivity index (χ0) is 23.8. The van der Waals surface area contributed by atoms with Crippen molar-refractivity contribution in [1.82, 2.24) is 9.96 Å². The molecular formula is C25H26N2O6. The molecule has 0 N–H and O–H groups in total. The Balaban J connectivity index is 1.52. The number of amides is 3. The van der Waals surface area contributed by atoms with E-state index in [2.05, 4.69) is 0 Å². The third-order valence-electron chi connectivity index (χ3n) is 5.67. The minimum atomic E-state index is -0.725. The highest BCUT2D eigenvalue weighted by Gasteiger charge is 2.45. The quantitative estimate of drug-likeness (QED) is 0.663. The number of ether oxygens (including phenoxy) is 1. The maximum Gasteiger partial charge on any atom is 0.410 e. The van der Waals surface area contributed by atoms with Gasteiger partial charge >= 0.3 is 12.1 Å². The zero-order valence-electron chi connectivity index (χ0n) is 18.8. The maximum atomic E-state index is 13.2. The van der Waals surface area contributed by atoms with E-state index in [-0.39, 0.29) is 23.6 Å². The zero-order valence-corrected chi connectivity index (χ0v) is 18.8. The molecule has 2 heterocycles. The topological polar surface area (TPSA) is 93.2 Å². The molecule has 4 rings (SSSR count). The third-order valence-corrected chi connectivity index (χ3v) is 5.67. The Hall–Kier alpha value is -3.68. The second kappa shape index (κ2) is 8.69. The van der Waals surface area contributed by atoms with Gasteiger partial charge < -0.3 is 14.5 Å². The number of hydroxylamine groups is 2. The van der Waals surface area contributed by atoms with E-state index in [0.29, 0.717) is 18.0 Å². The van der Waals surface area contributed by atoms with Gasteiger partial charge in [0.05, 0.1) is 17.0 Å². The highest BCUT2D eigenvalue weighted by Crippen LogP contribution is 2.31. The van der Waals surface area contributed by atoms with E-state index in [1.165, 1.54) is 17.0 Å². The highest BCUT2D eigenvalue weighted by molar-refractivity contribution is 6.20. The van der Waals surface area contributed by atoms with Crippen molar-refractivity contribution >= 4 is 23.9 Å². The summed E-state index contributed by atoms with van der Waals surface area (Å²) >= 11 is 0. The molecule has 33 heavy (non-hydrogen) atoms. The first kappa shape index (κ1) is 22.5. The van der Waals surface area contributed by atoms with Gasteiger partial charge in [0.15, 0.2) is 0 Å². The molecule has 2 aliphatic rings. The number of imide groups is 1. The number of likely N-dealkylation sites (tertiary alicyclic amines) is 1. The third kappa shape index (κ3) is 4.74. The van der Waals surface area contributed by atoms with Crippen LogP contribution in [0.5, 0.6) is 0 Å². The molecule has 3 amide bonds. The fraction of sp³-hybridized carbons (Fsp3) is 0.360. The van der Waals surface area contributed by atoms with Crippen LogP contribution in [0.4, 0.5) is 4.79 Å². The van der Waals surface area contributed by atoms with Crippen LogP contribution in [0, 0.1) is 11.8 Å². The number of fused-ring (bicyclic) bond motifs is 1. The van der Waals surface area contributed by atoms with Crippen molar-refractivity contribution in [2.75, 3.05) is 13.1 Å². The number of carbonyl (C=O) groups excluding carboxylic acids is 4. The van der Waals surface area contributed by atoms with Crippen LogP contribution in [-0.2, 0) is 20.8 Å². The fourth-order valence-corrected chi connectivity index (χ4v) is 4.15. The number of hydrogen-bond acceptors (Lipinski definition) is 6. The summed E-state index contributed by atoms with van der Waals surface area (Å²) in [7, 11) is 0. The van der Waals surface area contributed by atoms with Gasteiger partial charge in [-0.1, -0.05) is 47.5 Å². The number of nitrogens with zero attached hydrogens (tertiary/aromatic N) is 2. The van der Waals surface area contributed by atoms with Crippen molar-refractivity contribution in [3.63, 3.8) is 0 Å². The lowest BCUT2D eigenvalue weighted by Gasteiger charge is -2.24. The Kier molecular flexibility index (Phi) is 5.93. The van der Waals surface area contributed by atoms with Gasteiger partial charge in [-0.2, -0.15) is 0 Å². The molecule has 172 valence electrons. The Morgan fingerprint density at radius 2 is 1.48 bits per heavy atom. The number of hydrogen-bond donors (Lipinski definition) is 0. The van der Waals surface area contributed by atoms with Gasteiger partial charge in [0.1, 0.15) is 5.60 Å². The fourth-order valence-electron chi connectivity index (χ4n) is 4.15. The number of rotatable bonds is 4. The van der Waals surface area contributed by atoms with Crippen molar-refractivity contribution in [1.29, 1.82) is 0 Å². The van der Waals surface area contributed by atoms with Gasteiger partial charge in [-0.25, -0.2) is 9.59 Å². The maximum absolute atomic E-state index is 13.2. The molecule has 0 bridgehead atoms. The predicted molar refractivity (Wildman–Crippen MR) is 118 cm³/mol. The van der Waals surface area contributed by atoms with Crippen molar-refractivity contribution in [3.8, 4) is 0 Å². The summed E-state index contributed by atoms with van der Waals surface area (Å²) in [5.74, 6) is -3.06. The SMILES string of the molecule is CC(C)(C)OC(=O)N1C[C@H](Cc2ccccc2)[C@@H](C(=O)ON2C(=O)c3ccccc3C2=O)C1. The van der Waals surface area contributed by atoms with Crippen molar-refractivity contribution in [2.24, 2.45) is 11.8 Å². The Labute approximate surface area is 192 Å². The van der Waals surface area contributed by atoms with Gasteiger partial charge in [-0.3, -0.25) is 9.59 Å². The molecule has 0 aliphatic carbocycles. The molecule has 0 spiro atoms. The Morgan fingerprint density at radius 3 is 2.06 bits per heavy atom. The van der Waals surface area contributed by atoms with Crippen LogP contribution in [0.2, 0.25) is 0 Å². The van der Waals surface area contributed by atoms with Crippen LogP contribution in [0.25, 0.3) is 0 Å². The molecule has 0 unspecified atom stereocenters. The minimum absolute atomic E-state index is 0.0778. The van der Waals surface area contributed by atoms with Crippen LogP contribution >= 0.6 is 0 Å². The van der Waals surface area contributed by atoms with Crippen LogP contribution in [-0.4, -0.2) is 52.5 Å². The molecule has 2 aromatic carbocycles. The summed E-state index contributed by atoms with van der Waals surface area (Å²) in [5, 5.41) is 0.517. The molecule has 2 aromatic rings. The highest BCUT2D eigenvalue weighted by atomic mass is 16.7. The number of carbonyl (C=O) groups is 4. The lowest BCUT2D eigenvalue weighted by molar-refractivity contribution is -0.174. The van der Waals surface area contributed by atoms with Crippen molar-refractivity contribution < 1.29 is 28.8 Å². The summed E-state index contributed by atoms with van der Waals surface area (Å²) in [6.45, 7) is 5.70. The predicted octanol–water partition coefficient (Wildman–Crippen LogP) is 3.47. The Bertz CT molecular complexity index is 1060. The van der Waals surface area contributed by atoms with E-state index >= 15 is 0 Å². The molecule has 0 aromatic heterocycles. The van der Waals surface area contributed by atoms with E-state index in [1.807, 2.05) is 30.3 Å². The van der Waals surface area contributed by atoms with Crippen LogP contribution in [0.3, 0.4) is 0 Å². The minimum Gasteiger partial charge on any atom is -0.444 e. The van der Waals surface area contributed by atoms with Crippen LogP contribution < -0.4 is 0 Å². The average molecular weight is 450 g/mol. The average Bonchev–Trinajstić information content (AvgIpc) is 3.29. The first-order chi connectivity index (χ1) is 15.6. The van der Waals surface area contributed by atoms with Crippen LogP contribution in [0.15, 0.2) is 54.6 Å². The molecular weight excluding hydrogens is 424 g/mol. The van der Waals surface area contributed by atoms with Gasteiger partial charge in [-0.05, 0) is 50.8 Å². The molecule has 1 fully saturated rings. The summed E-state index contributed by atoms with van der Waals surface area (Å²) in [4.78, 5) is 57.8. The number of benzene rings is 2. The Morgan fingerprint density at radius 1 is 0.909 bits per heavy atom. The molecule has 1 saturated heterocycles. The summed E-state index contributed by atoms with van der Waals surface area (Å²) in [5.41, 5.74) is 0.716. The monoisotopic (exact) mass is 450 g/mol. The normalized spacial score (nSPS) is 20.1. The second-order valence-corrected chi connectivity index (χ2v) is 9.30. The van der Waals surface area contributed by atoms with Gasteiger partial charge in [-0.15, -0.1) is 0 Å². The smallest absolute Gasteiger partial charge is 0.410 e. The van der Waals surface area contributed by atoms with Crippen molar-refractivity contribution in [2.45, 2.75) is 32.8 Å².